The van der Waals surface area contributed by atoms with Crippen molar-refractivity contribution in [3.8, 4) is 0 Å². The molecule has 122 valence electrons. The maximum Gasteiger partial charge on any atom is 0.317 e. The number of hydrogen-bond donors (Lipinski definition) is 1. The molecule has 6 heteroatoms. The van der Waals surface area contributed by atoms with Gasteiger partial charge in [0.25, 0.3) is 0 Å². The van der Waals surface area contributed by atoms with Gasteiger partial charge in [0.1, 0.15) is 0 Å². The molecule has 1 aliphatic rings. The van der Waals surface area contributed by atoms with Crippen LogP contribution in [0.25, 0.3) is 0 Å². The number of nitrogens with zero attached hydrogens (tertiary/aromatic N) is 2. The molecule has 22 heavy (non-hydrogen) atoms. The quantitative estimate of drug-likeness (QED) is 0.816. The average molecular weight is 326 g/mol. The first kappa shape index (κ1) is 17.1. The van der Waals surface area contributed by atoms with E-state index >= 15 is 0 Å². The third-order valence-electron chi connectivity index (χ3n) is 3.71. The van der Waals surface area contributed by atoms with Gasteiger partial charge in [-0.25, -0.2) is 4.79 Å². The van der Waals surface area contributed by atoms with Gasteiger partial charge in [0.15, 0.2) is 0 Å². The number of rotatable bonds is 6. The minimum atomic E-state index is -0.0445. The van der Waals surface area contributed by atoms with Crippen LogP contribution in [0.15, 0.2) is 24.3 Å². The van der Waals surface area contributed by atoms with Gasteiger partial charge in [0, 0.05) is 38.2 Å². The third kappa shape index (κ3) is 5.83. The van der Waals surface area contributed by atoms with Crippen LogP contribution in [0.5, 0.6) is 0 Å². The SMILES string of the molecule is CN(Cc1ccc(Cl)cc1)C(=O)NCCCN1CCOCC1. The highest BCUT2D eigenvalue weighted by atomic mass is 35.5. The molecule has 0 aliphatic carbocycles. The van der Waals surface area contributed by atoms with E-state index in [0.717, 1.165) is 44.8 Å². The van der Waals surface area contributed by atoms with Crippen molar-refractivity contribution in [2.45, 2.75) is 13.0 Å². The van der Waals surface area contributed by atoms with Gasteiger partial charge in [0.05, 0.1) is 13.2 Å². The summed E-state index contributed by atoms with van der Waals surface area (Å²) in [6.45, 7) is 5.89. The van der Waals surface area contributed by atoms with Gasteiger partial charge < -0.3 is 15.0 Å². The van der Waals surface area contributed by atoms with E-state index in [2.05, 4.69) is 10.2 Å². The minimum absolute atomic E-state index is 0.0445. The molecule has 1 aromatic rings. The molecule has 5 nitrogen and oxygen atoms in total. The first-order valence-electron chi connectivity index (χ1n) is 7.68. The Kier molecular flexibility index (Phi) is 6.96. The number of hydrogen-bond acceptors (Lipinski definition) is 3. The van der Waals surface area contributed by atoms with Gasteiger partial charge in [0.2, 0.25) is 0 Å². The second-order valence-corrected chi connectivity index (χ2v) is 5.96. The topological polar surface area (TPSA) is 44.8 Å². The van der Waals surface area contributed by atoms with E-state index in [1.807, 2.05) is 24.3 Å². The lowest BCUT2D eigenvalue weighted by Gasteiger charge is -2.26. The Morgan fingerprint density at radius 3 is 2.68 bits per heavy atom. The molecule has 0 bridgehead atoms. The molecule has 1 N–H and O–H groups in total. The summed E-state index contributed by atoms with van der Waals surface area (Å²) in [5.74, 6) is 0. The largest absolute Gasteiger partial charge is 0.379 e. The molecule has 0 atom stereocenters. The molecule has 0 radical (unpaired) electrons. The van der Waals surface area contributed by atoms with E-state index in [4.69, 9.17) is 16.3 Å². The van der Waals surface area contributed by atoms with Crippen molar-refractivity contribution in [2.24, 2.45) is 0 Å². The Balaban J connectivity index is 1.62. The lowest BCUT2D eigenvalue weighted by atomic mass is 10.2. The van der Waals surface area contributed by atoms with Crippen LogP contribution in [0.1, 0.15) is 12.0 Å². The molecule has 0 saturated carbocycles. The normalized spacial score (nSPS) is 15.5. The fourth-order valence-electron chi connectivity index (χ4n) is 2.39. The number of ether oxygens (including phenoxy) is 1. The number of amides is 2. The van der Waals surface area contributed by atoms with Crippen LogP contribution in [-0.2, 0) is 11.3 Å². The van der Waals surface area contributed by atoms with Gasteiger partial charge in [-0.15, -0.1) is 0 Å². The maximum atomic E-state index is 12.0. The number of nitrogens with one attached hydrogen (secondary N) is 1. The van der Waals surface area contributed by atoms with Gasteiger partial charge in [-0.3, -0.25) is 4.90 Å². The van der Waals surface area contributed by atoms with Gasteiger partial charge >= 0.3 is 6.03 Å². The summed E-state index contributed by atoms with van der Waals surface area (Å²) < 4.78 is 5.31. The smallest absolute Gasteiger partial charge is 0.317 e. The summed E-state index contributed by atoms with van der Waals surface area (Å²) in [6, 6.07) is 7.50. The van der Waals surface area contributed by atoms with Gasteiger partial charge in [-0.1, -0.05) is 23.7 Å². The van der Waals surface area contributed by atoms with E-state index in [1.54, 1.807) is 11.9 Å². The highest BCUT2D eigenvalue weighted by molar-refractivity contribution is 6.30. The zero-order valence-electron chi connectivity index (χ0n) is 13.1. The average Bonchev–Trinajstić information content (AvgIpc) is 2.54. The Morgan fingerprint density at radius 1 is 1.32 bits per heavy atom. The molecular formula is C16H24ClN3O2. The highest BCUT2D eigenvalue weighted by Gasteiger charge is 2.11. The Labute approximate surface area is 137 Å². The van der Waals surface area contributed by atoms with Crippen LogP contribution < -0.4 is 5.32 Å². The fourth-order valence-corrected chi connectivity index (χ4v) is 2.52. The Morgan fingerprint density at radius 2 is 2.00 bits per heavy atom. The number of carbonyl (C=O) groups is 1. The number of benzene rings is 1. The van der Waals surface area contributed by atoms with Crippen molar-refractivity contribution in [3.63, 3.8) is 0 Å². The first-order valence-corrected chi connectivity index (χ1v) is 8.06. The van der Waals surface area contributed by atoms with Crippen LogP contribution in [0.2, 0.25) is 5.02 Å². The summed E-state index contributed by atoms with van der Waals surface area (Å²) in [7, 11) is 1.80. The van der Waals surface area contributed by atoms with Crippen LogP contribution in [0, 0.1) is 0 Å². The van der Waals surface area contributed by atoms with E-state index < -0.39 is 0 Å². The Bertz CT molecular complexity index is 461. The molecular weight excluding hydrogens is 302 g/mol. The van der Waals surface area contributed by atoms with Crippen molar-refractivity contribution in [3.05, 3.63) is 34.9 Å². The van der Waals surface area contributed by atoms with Crippen molar-refractivity contribution in [1.29, 1.82) is 0 Å². The van der Waals surface area contributed by atoms with E-state index in [9.17, 15) is 4.79 Å². The van der Waals surface area contributed by atoms with Crippen molar-refractivity contribution in [2.75, 3.05) is 46.4 Å². The summed E-state index contributed by atoms with van der Waals surface area (Å²) in [5.41, 5.74) is 1.07. The second kappa shape index (κ2) is 8.98. The molecule has 1 heterocycles. The second-order valence-electron chi connectivity index (χ2n) is 5.52. The molecule has 1 aromatic carbocycles. The summed E-state index contributed by atoms with van der Waals surface area (Å²) >= 11 is 5.85. The van der Waals surface area contributed by atoms with Crippen molar-refractivity contribution >= 4 is 17.6 Å². The third-order valence-corrected chi connectivity index (χ3v) is 3.96. The monoisotopic (exact) mass is 325 g/mol. The van der Waals surface area contributed by atoms with Crippen LogP contribution in [0.4, 0.5) is 4.79 Å². The molecule has 1 aliphatic heterocycles. The lowest BCUT2D eigenvalue weighted by molar-refractivity contribution is 0.0375. The summed E-state index contributed by atoms with van der Waals surface area (Å²) in [4.78, 5) is 16.1. The lowest BCUT2D eigenvalue weighted by Crippen LogP contribution is -2.40. The number of morpholine rings is 1. The molecule has 1 fully saturated rings. The van der Waals surface area contributed by atoms with E-state index in [0.29, 0.717) is 18.1 Å². The fraction of sp³-hybridized carbons (Fsp3) is 0.562. The zero-order valence-corrected chi connectivity index (χ0v) is 13.8. The van der Waals surface area contributed by atoms with Crippen LogP contribution >= 0.6 is 11.6 Å². The molecule has 1 saturated heterocycles. The summed E-state index contributed by atoms with van der Waals surface area (Å²) in [6.07, 6.45) is 0.959. The predicted molar refractivity (Wildman–Crippen MR) is 88.2 cm³/mol. The number of carbonyl (C=O) groups excluding carboxylic acids is 1. The standard InChI is InChI=1S/C16H24ClN3O2/c1-19(13-14-3-5-15(17)6-4-14)16(21)18-7-2-8-20-9-11-22-12-10-20/h3-6H,2,7-13H2,1H3,(H,18,21). The Hall–Kier alpha value is -1.30. The molecule has 0 unspecified atom stereocenters. The van der Waals surface area contributed by atoms with Gasteiger partial charge in [-0.05, 0) is 30.7 Å². The maximum absolute atomic E-state index is 12.0. The number of halogens is 1. The first-order chi connectivity index (χ1) is 10.6. The summed E-state index contributed by atoms with van der Waals surface area (Å²) in [5, 5.41) is 3.66. The minimum Gasteiger partial charge on any atom is -0.379 e. The van der Waals surface area contributed by atoms with Gasteiger partial charge in [-0.2, -0.15) is 0 Å². The molecule has 2 rings (SSSR count). The van der Waals surface area contributed by atoms with E-state index in [-0.39, 0.29) is 6.03 Å². The van der Waals surface area contributed by atoms with E-state index in [1.165, 1.54) is 0 Å². The van der Waals surface area contributed by atoms with Crippen LogP contribution in [-0.4, -0.2) is 62.3 Å². The zero-order chi connectivity index (χ0) is 15.8. The van der Waals surface area contributed by atoms with Crippen molar-refractivity contribution < 1.29 is 9.53 Å². The molecule has 0 aromatic heterocycles. The predicted octanol–water partition coefficient (Wildman–Crippen LogP) is 2.20. The number of urea groups is 1. The highest BCUT2D eigenvalue weighted by Crippen LogP contribution is 2.10. The molecule has 2 amide bonds. The molecule has 0 spiro atoms. The van der Waals surface area contributed by atoms with Crippen molar-refractivity contribution in [1.82, 2.24) is 15.1 Å². The van der Waals surface area contributed by atoms with Crippen LogP contribution in [0.3, 0.4) is 0 Å².